The van der Waals surface area contributed by atoms with Gasteiger partial charge in [-0.25, -0.2) is 13.1 Å². The van der Waals surface area contributed by atoms with Crippen molar-refractivity contribution >= 4 is 44.0 Å². The van der Waals surface area contributed by atoms with Crippen molar-refractivity contribution in [3.63, 3.8) is 0 Å². The first-order chi connectivity index (χ1) is 10.3. The largest absolute Gasteiger partial charge is 0.316 e. The summed E-state index contributed by atoms with van der Waals surface area (Å²) in [5, 5.41) is 14.2. The molecule has 0 spiro atoms. The summed E-state index contributed by atoms with van der Waals surface area (Å²) in [7, 11) is -3.75. The normalized spacial score (nSPS) is 17.7. The molecule has 0 bridgehead atoms. The smallest absolute Gasteiger partial charge is 0.274 e. The van der Waals surface area contributed by atoms with Gasteiger partial charge in [0, 0.05) is 22.6 Å². The van der Waals surface area contributed by atoms with E-state index in [0.29, 0.717) is 22.5 Å². The van der Waals surface area contributed by atoms with Crippen molar-refractivity contribution in [2.24, 2.45) is 5.92 Å². The van der Waals surface area contributed by atoms with Crippen LogP contribution in [0.2, 0.25) is 0 Å². The minimum atomic E-state index is -3.75. The number of nitro groups is 1. The van der Waals surface area contributed by atoms with Gasteiger partial charge in [0.25, 0.3) is 5.69 Å². The van der Waals surface area contributed by atoms with E-state index in [1.165, 1.54) is 6.07 Å². The molecule has 0 saturated carbocycles. The highest BCUT2D eigenvalue weighted by Crippen LogP contribution is 2.29. The van der Waals surface area contributed by atoms with Crippen LogP contribution in [0.25, 0.3) is 0 Å². The number of nitrogens with one attached hydrogen (secondary N) is 2. The molecule has 1 atom stereocenters. The molecule has 23 heavy (non-hydrogen) atoms. The van der Waals surface area contributed by atoms with Gasteiger partial charge in [-0.3, -0.25) is 10.1 Å². The first-order valence-electron chi connectivity index (χ1n) is 6.96. The van der Waals surface area contributed by atoms with Crippen LogP contribution in [0.4, 0.5) is 5.69 Å². The maximum atomic E-state index is 12.3. The van der Waals surface area contributed by atoms with Crippen molar-refractivity contribution in [3.05, 3.63) is 32.3 Å². The van der Waals surface area contributed by atoms with Crippen molar-refractivity contribution in [2.75, 3.05) is 19.6 Å². The van der Waals surface area contributed by atoms with E-state index in [1.54, 1.807) is 6.92 Å². The summed E-state index contributed by atoms with van der Waals surface area (Å²) in [6, 6.07) is 2.49. The quantitative estimate of drug-likeness (QED) is 0.535. The molecule has 1 aromatic carbocycles. The molecule has 0 radical (unpaired) electrons. The molecule has 2 rings (SSSR count). The fourth-order valence-electron chi connectivity index (χ4n) is 2.43. The second-order valence-electron chi connectivity index (χ2n) is 5.35. The van der Waals surface area contributed by atoms with Gasteiger partial charge in [-0.15, -0.1) is 12.4 Å². The number of hydrogen-bond acceptors (Lipinski definition) is 5. The van der Waals surface area contributed by atoms with E-state index >= 15 is 0 Å². The maximum absolute atomic E-state index is 12.3. The predicted octanol–water partition coefficient (Wildman–Crippen LogP) is 2.37. The zero-order valence-corrected chi connectivity index (χ0v) is 15.8. The lowest BCUT2D eigenvalue weighted by Gasteiger charge is -2.11. The summed E-state index contributed by atoms with van der Waals surface area (Å²) in [4.78, 5) is 10.3. The zero-order chi connectivity index (χ0) is 16.3. The predicted molar refractivity (Wildman–Crippen MR) is 93.6 cm³/mol. The Balaban J connectivity index is 0.00000264. The molecule has 1 aliphatic rings. The number of halogens is 2. The fourth-order valence-corrected chi connectivity index (χ4v) is 4.12. The molecule has 2 N–H and O–H groups in total. The second-order valence-corrected chi connectivity index (χ2v) is 7.97. The summed E-state index contributed by atoms with van der Waals surface area (Å²) in [6.07, 6.45) is 1.80. The Kier molecular flexibility index (Phi) is 7.40. The Morgan fingerprint density at radius 2 is 2.17 bits per heavy atom. The van der Waals surface area contributed by atoms with Gasteiger partial charge in [-0.05, 0) is 44.8 Å². The van der Waals surface area contributed by atoms with Gasteiger partial charge in [0.1, 0.15) is 0 Å². The standard InChI is InChI=1S/C13H18BrN3O4S.ClH/c1-9-12(14)6-11(7-13(9)17(18)19)22(20,21)16-5-3-10-2-4-15-8-10;/h6-7,10,15-16H,2-5,8H2,1H3;1H. The molecule has 1 unspecified atom stereocenters. The van der Waals surface area contributed by atoms with Crippen LogP contribution in [0.1, 0.15) is 18.4 Å². The van der Waals surface area contributed by atoms with Crippen molar-refractivity contribution < 1.29 is 13.3 Å². The van der Waals surface area contributed by atoms with Crippen LogP contribution in [0.3, 0.4) is 0 Å². The number of nitro benzene ring substituents is 1. The number of sulfonamides is 1. The molecule has 1 heterocycles. The summed E-state index contributed by atoms with van der Waals surface area (Å²) >= 11 is 3.17. The van der Waals surface area contributed by atoms with Gasteiger partial charge in [0.05, 0.1) is 9.82 Å². The molecule has 130 valence electrons. The minimum Gasteiger partial charge on any atom is -0.316 e. The number of hydrogen-bond donors (Lipinski definition) is 2. The Bertz CT molecular complexity index is 678. The Morgan fingerprint density at radius 3 is 2.74 bits per heavy atom. The molecular formula is C13H19BrClN3O4S. The molecule has 0 aliphatic carbocycles. The highest BCUT2D eigenvalue weighted by atomic mass is 79.9. The van der Waals surface area contributed by atoms with Crippen LogP contribution in [-0.4, -0.2) is 33.0 Å². The average Bonchev–Trinajstić information content (AvgIpc) is 2.94. The second kappa shape index (κ2) is 8.39. The molecule has 0 aromatic heterocycles. The lowest BCUT2D eigenvalue weighted by molar-refractivity contribution is -0.385. The number of nitrogens with zero attached hydrogens (tertiary/aromatic N) is 1. The van der Waals surface area contributed by atoms with Gasteiger partial charge < -0.3 is 5.32 Å². The Labute approximate surface area is 150 Å². The zero-order valence-electron chi connectivity index (χ0n) is 12.5. The summed E-state index contributed by atoms with van der Waals surface area (Å²) < 4.78 is 27.5. The van der Waals surface area contributed by atoms with Crippen molar-refractivity contribution in [1.29, 1.82) is 0 Å². The molecule has 10 heteroatoms. The van der Waals surface area contributed by atoms with Crippen molar-refractivity contribution in [3.8, 4) is 0 Å². The number of benzene rings is 1. The van der Waals surface area contributed by atoms with E-state index in [1.807, 2.05) is 0 Å². The third-order valence-electron chi connectivity index (χ3n) is 3.80. The van der Waals surface area contributed by atoms with E-state index in [4.69, 9.17) is 0 Å². The lowest BCUT2D eigenvalue weighted by Crippen LogP contribution is -2.26. The monoisotopic (exact) mass is 427 g/mol. The topological polar surface area (TPSA) is 101 Å². The van der Waals surface area contributed by atoms with E-state index in [0.717, 1.165) is 32.0 Å². The molecule has 1 aromatic rings. The molecular weight excluding hydrogens is 410 g/mol. The first kappa shape index (κ1) is 20.3. The highest BCUT2D eigenvalue weighted by Gasteiger charge is 2.22. The lowest BCUT2D eigenvalue weighted by atomic mass is 10.1. The van der Waals surface area contributed by atoms with Crippen LogP contribution in [0, 0.1) is 23.0 Å². The summed E-state index contributed by atoms with van der Waals surface area (Å²) in [6.45, 7) is 3.77. The van der Waals surface area contributed by atoms with Gasteiger partial charge in [-0.1, -0.05) is 15.9 Å². The first-order valence-corrected chi connectivity index (χ1v) is 9.24. The van der Waals surface area contributed by atoms with Crippen LogP contribution >= 0.6 is 28.3 Å². The molecule has 0 amide bonds. The maximum Gasteiger partial charge on any atom is 0.274 e. The fraction of sp³-hybridized carbons (Fsp3) is 0.538. The highest BCUT2D eigenvalue weighted by molar-refractivity contribution is 9.10. The molecule has 1 fully saturated rings. The van der Waals surface area contributed by atoms with Crippen LogP contribution < -0.4 is 10.0 Å². The summed E-state index contributed by atoms with van der Waals surface area (Å²) in [5.41, 5.74) is 0.190. The minimum absolute atomic E-state index is 0. The van der Waals surface area contributed by atoms with Gasteiger partial charge in [0.2, 0.25) is 10.0 Å². The third kappa shape index (κ3) is 5.12. The van der Waals surface area contributed by atoms with Gasteiger partial charge >= 0.3 is 0 Å². The van der Waals surface area contributed by atoms with E-state index in [-0.39, 0.29) is 23.0 Å². The Morgan fingerprint density at radius 1 is 1.48 bits per heavy atom. The van der Waals surface area contributed by atoms with Crippen LogP contribution in [-0.2, 0) is 10.0 Å². The number of rotatable bonds is 6. The van der Waals surface area contributed by atoms with Crippen LogP contribution in [0.15, 0.2) is 21.5 Å². The van der Waals surface area contributed by atoms with E-state index < -0.39 is 14.9 Å². The van der Waals surface area contributed by atoms with Crippen molar-refractivity contribution in [2.45, 2.75) is 24.7 Å². The molecule has 7 nitrogen and oxygen atoms in total. The van der Waals surface area contributed by atoms with Gasteiger partial charge in [0.15, 0.2) is 0 Å². The summed E-state index contributed by atoms with van der Waals surface area (Å²) in [5.74, 6) is 0.474. The Hall–Kier alpha value is -0.740. The van der Waals surface area contributed by atoms with Crippen molar-refractivity contribution in [1.82, 2.24) is 10.0 Å². The molecule has 1 saturated heterocycles. The van der Waals surface area contributed by atoms with E-state index in [2.05, 4.69) is 26.0 Å². The SMILES string of the molecule is Cc1c(Br)cc(S(=O)(=O)NCCC2CCNC2)cc1[N+](=O)[O-].Cl. The third-order valence-corrected chi connectivity index (χ3v) is 6.07. The van der Waals surface area contributed by atoms with Crippen LogP contribution in [0.5, 0.6) is 0 Å². The molecule has 1 aliphatic heterocycles. The van der Waals surface area contributed by atoms with Gasteiger partial charge in [-0.2, -0.15) is 0 Å². The van der Waals surface area contributed by atoms with E-state index in [9.17, 15) is 18.5 Å². The average molecular weight is 429 g/mol.